The first-order valence-corrected chi connectivity index (χ1v) is 7.62. The Kier molecular flexibility index (Phi) is 4.36. The number of hydrogen-bond donors (Lipinski definition) is 0. The van der Waals surface area contributed by atoms with E-state index in [9.17, 15) is 4.79 Å². The Morgan fingerprint density at radius 2 is 2.13 bits per heavy atom. The Morgan fingerprint density at radius 3 is 2.87 bits per heavy atom. The molecule has 0 spiro atoms. The molecule has 0 bridgehead atoms. The smallest absolute Gasteiger partial charge is 0.222 e. The summed E-state index contributed by atoms with van der Waals surface area (Å²) in [4.78, 5) is 22.5. The number of benzene rings is 1. The molecule has 0 aliphatic rings. The third-order valence-electron chi connectivity index (χ3n) is 3.93. The fourth-order valence-electron chi connectivity index (χ4n) is 2.57. The van der Waals surface area contributed by atoms with Gasteiger partial charge in [0.2, 0.25) is 5.91 Å². The van der Waals surface area contributed by atoms with Crippen LogP contribution in [0.25, 0.3) is 11.0 Å². The second-order valence-electron chi connectivity index (χ2n) is 5.59. The molecule has 3 aromatic rings. The van der Waals surface area contributed by atoms with E-state index >= 15 is 0 Å². The summed E-state index contributed by atoms with van der Waals surface area (Å²) in [5, 5.41) is 4.03. The van der Waals surface area contributed by atoms with Crippen molar-refractivity contribution in [2.75, 3.05) is 7.05 Å². The van der Waals surface area contributed by atoms with E-state index < -0.39 is 0 Å². The van der Waals surface area contributed by atoms with Crippen LogP contribution in [-0.2, 0) is 24.9 Å². The molecular formula is C16H20N6O. The first kappa shape index (κ1) is 15.2. The number of para-hydroxylation sites is 2. The topological polar surface area (TPSA) is 68.8 Å². The third kappa shape index (κ3) is 3.39. The lowest BCUT2D eigenvalue weighted by Crippen LogP contribution is -2.27. The molecule has 2 aromatic heterocycles. The Hall–Kier alpha value is -2.70. The van der Waals surface area contributed by atoms with Crippen LogP contribution in [0.2, 0.25) is 0 Å². The second kappa shape index (κ2) is 6.60. The van der Waals surface area contributed by atoms with Gasteiger partial charge in [0.15, 0.2) is 0 Å². The molecule has 1 aromatic carbocycles. The van der Waals surface area contributed by atoms with Gasteiger partial charge in [-0.15, -0.1) is 0 Å². The summed E-state index contributed by atoms with van der Waals surface area (Å²) in [6.07, 6.45) is 4.39. The summed E-state index contributed by atoms with van der Waals surface area (Å²) in [6.45, 7) is 1.21. The number of carbonyl (C=O) groups is 1. The number of carbonyl (C=O) groups excluding carboxylic acids is 1. The average Bonchev–Trinajstić information content (AvgIpc) is 3.17. The van der Waals surface area contributed by atoms with Gasteiger partial charge in [-0.05, 0) is 18.6 Å². The Balaban J connectivity index is 1.57. The number of fused-ring (bicyclic) bond motifs is 1. The van der Waals surface area contributed by atoms with Gasteiger partial charge in [-0.25, -0.2) is 9.97 Å². The highest BCUT2D eigenvalue weighted by Gasteiger charge is 2.13. The van der Waals surface area contributed by atoms with Gasteiger partial charge >= 0.3 is 0 Å². The predicted octanol–water partition coefficient (Wildman–Crippen LogP) is 1.60. The van der Waals surface area contributed by atoms with Crippen LogP contribution in [0.15, 0.2) is 36.9 Å². The molecule has 0 saturated carbocycles. The lowest BCUT2D eigenvalue weighted by atomic mass is 10.3. The molecule has 0 radical (unpaired) electrons. The first-order chi connectivity index (χ1) is 11.1. The van der Waals surface area contributed by atoms with Gasteiger partial charge in [0, 0.05) is 27.1 Å². The average molecular weight is 312 g/mol. The molecular weight excluding hydrogens is 292 g/mol. The molecule has 0 fully saturated rings. The van der Waals surface area contributed by atoms with Crippen LogP contribution < -0.4 is 0 Å². The minimum atomic E-state index is 0.108. The number of rotatable bonds is 6. The highest BCUT2D eigenvalue weighted by atomic mass is 16.2. The van der Waals surface area contributed by atoms with Gasteiger partial charge in [-0.1, -0.05) is 12.1 Å². The van der Waals surface area contributed by atoms with E-state index in [-0.39, 0.29) is 5.91 Å². The van der Waals surface area contributed by atoms with E-state index in [0.717, 1.165) is 23.3 Å². The maximum Gasteiger partial charge on any atom is 0.222 e. The van der Waals surface area contributed by atoms with E-state index in [1.165, 1.54) is 6.33 Å². The van der Waals surface area contributed by atoms with Crippen molar-refractivity contribution in [1.29, 1.82) is 0 Å². The van der Waals surface area contributed by atoms with Gasteiger partial charge in [0.05, 0.1) is 17.6 Å². The Morgan fingerprint density at radius 1 is 1.30 bits per heavy atom. The van der Waals surface area contributed by atoms with E-state index in [2.05, 4.69) is 15.1 Å². The number of aromatic nitrogens is 5. The molecule has 0 aliphatic heterocycles. The van der Waals surface area contributed by atoms with Crippen LogP contribution in [-0.4, -0.2) is 42.2 Å². The van der Waals surface area contributed by atoms with Crippen molar-refractivity contribution in [2.45, 2.75) is 25.9 Å². The predicted molar refractivity (Wildman–Crippen MR) is 86.4 cm³/mol. The molecule has 3 rings (SSSR count). The normalized spacial score (nSPS) is 11.0. The number of hydrogen-bond acceptors (Lipinski definition) is 4. The fraction of sp³-hybridized carbons (Fsp3) is 0.375. The van der Waals surface area contributed by atoms with Gasteiger partial charge in [0.25, 0.3) is 0 Å². The molecule has 23 heavy (non-hydrogen) atoms. The summed E-state index contributed by atoms with van der Waals surface area (Å²) >= 11 is 0. The molecule has 120 valence electrons. The van der Waals surface area contributed by atoms with Crippen molar-refractivity contribution in [3.63, 3.8) is 0 Å². The maximum atomic E-state index is 12.2. The Bertz CT molecular complexity index is 792. The van der Waals surface area contributed by atoms with Gasteiger partial charge in [-0.2, -0.15) is 5.10 Å². The second-order valence-corrected chi connectivity index (χ2v) is 5.59. The minimum Gasteiger partial charge on any atom is -0.338 e. The molecule has 0 aliphatic carbocycles. The third-order valence-corrected chi connectivity index (χ3v) is 3.93. The number of aryl methyl sites for hydroxylation is 2. The molecule has 1 amide bonds. The monoisotopic (exact) mass is 312 g/mol. The summed E-state index contributed by atoms with van der Waals surface area (Å²) in [6, 6.07) is 7.98. The van der Waals surface area contributed by atoms with E-state index in [1.807, 2.05) is 42.9 Å². The lowest BCUT2D eigenvalue weighted by molar-refractivity contribution is -0.130. The SMILES string of the molecule is CN(Cc1nc2ccccc2n1C)C(=O)CCCn1cncn1. The highest BCUT2D eigenvalue weighted by molar-refractivity contribution is 5.77. The van der Waals surface area contributed by atoms with Crippen LogP contribution >= 0.6 is 0 Å². The quantitative estimate of drug-likeness (QED) is 0.693. The summed E-state index contributed by atoms with van der Waals surface area (Å²) in [5.41, 5.74) is 2.03. The van der Waals surface area contributed by atoms with E-state index in [4.69, 9.17) is 0 Å². The van der Waals surface area contributed by atoms with Crippen LogP contribution in [0.4, 0.5) is 0 Å². The number of imidazole rings is 1. The standard InChI is InChI=1S/C16H20N6O/c1-20(16(23)8-5-9-22-12-17-11-18-22)10-15-19-13-6-3-4-7-14(13)21(15)2/h3-4,6-7,11-12H,5,8-10H2,1-2H3. The van der Waals surface area contributed by atoms with Gasteiger partial charge < -0.3 is 9.47 Å². The Labute approximate surface area is 134 Å². The molecule has 7 heteroatoms. The highest BCUT2D eigenvalue weighted by Crippen LogP contribution is 2.15. The summed E-state index contributed by atoms with van der Waals surface area (Å²) in [7, 11) is 3.80. The zero-order chi connectivity index (χ0) is 16.2. The van der Waals surface area contributed by atoms with Crippen molar-refractivity contribution in [3.8, 4) is 0 Å². The van der Waals surface area contributed by atoms with Crippen LogP contribution in [0.1, 0.15) is 18.7 Å². The zero-order valence-corrected chi connectivity index (χ0v) is 13.4. The summed E-state index contributed by atoms with van der Waals surface area (Å²) < 4.78 is 3.77. The van der Waals surface area contributed by atoms with Crippen LogP contribution in [0, 0.1) is 0 Å². The molecule has 0 atom stereocenters. The lowest BCUT2D eigenvalue weighted by Gasteiger charge is -2.16. The molecule has 7 nitrogen and oxygen atoms in total. The minimum absolute atomic E-state index is 0.108. The maximum absolute atomic E-state index is 12.2. The van der Waals surface area contributed by atoms with Crippen molar-refractivity contribution in [1.82, 2.24) is 29.2 Å². The van der Waals surface area contributed by atoms with Crippen molar-refractivity contribution < 1.29 is 4.79 Å². The van der Waals surface area contributed by atoms with E-state index in [0.29, 0.717) is 19.5 Å². The zero-order valence-electron chi connectivity index (χ0n) is 13.4. The van der Waals surface area contributed by atoms with Gasteiger partial charge in [-0.3, -0.25) is 9.48 Å². The van der Waals surface area contributed by atoms with Crippen molar-refractivity contribution >= 4 is 16.9 Å². The molecule has 0 saturated heterocycles. The molecule has 0 N–H and O–H groups in total. The van der Waals surface area contributed by atoms with Crippen LogP contribution in [0.5, 0.6) is 0 Å². The summed E-state index contributed by atoms with van der Waals surface area (Å²) in [5.74, 6) is 0.996. The fourth-order valence-corrected chi connectivity index (χ4v) is 2.57. The number of amides is 1. The first-order valence-electron chi connectivity index (χ1n) is 7.62. The van der Waals surface area contributed by atoms with E-state index in [1.54, 1.807) is 15.9 Å². The molecule has 0 unspecified atom stereocenters. The van der Waals surface area contributed by atoms with Crippen LogP contribution in [0.3, 0.4) is 0 Å². The molecule has 2 heterocycles. The van der Waals surface area contributed by atoms with Crippen molar-refractivity contribution in [3.05, 3.63) is 42.7 Å². The largest absolute Gasteiger partial charge is 0.338 e. The number of nitrogens with zero attached hydrogens (tertiary/aromatic N) is 6. The van der Waals surface area contributed by atoms with Crippen molar-refractivity contribution in [2.24, 2.45) is 7.05 Å². The van der Waals surface area contributed by atoms with Gasteiger partial charge in [0.1, 0.15) is 18.5 Å².